The molecule has 0 amide bonds. The number of nitrogens with zero attached hydrogens (tertiary/aromatic N) is 2. The van der Waals surface area contributed by atoms with Crippen molar-refractivity contribution >= 4 is 12.0 Å². The first kappa shape index (κ1) is 32.3. The van der Waals surface area contributed by atoms with Crippen LogP contribution in [0.4, 0.5) is 18.9 Å². The van der Waals surface area contributed by atoms with E-state index in [1.807, 2.05) is 24.3 Å². The second kappa shape index (κ2) is 14.1. The van der Waals surface area contributed by atoms with Crippen molar-refractivity contribution in [3.63, 3.8) is 0 Å². The number of likely N-dealkylation sites (N-methyl/N-ethyl adjacent to an activating group) is 1. The Labute approximate surface area is 245 Å². The first-order chi connectivity index (χ1) is 19.9. The van der Waals surface area contributed by atoms with Gasteiger partial charge in [-0.2, -0.15) is 18.4 Å². The minimum atomic E-state index is -4.56. The number of nitriles is 1. The zero-order valence-electron chi connectivity index (χ0n) is 24.0. The number of anilines is 1. The summed E-state index contributed by atoms with van der Waals surface area (Å²) >= 11 is 0. The molecule has 3 aromatic rings. The lowest BCUT2D eigenvalue weighted by Gasteiger charge is -2.31. The highest BCUT2D eigenvalue weighted by atomic mass is 19.4. The van der Waals surface area contributed by atoms with Gasteiger partial charge < -0.3 is 16.4 Å². The van der Waals surface area contributed by atoms with Crippen LogP contribution in [0.5, 0.6) is 0 Å². The number of alkyl halides is 3. The molecule has 4 N–H and O–H groups in total. The van der Waals surface area contributed by atoms with Gasteiger partial charge in [0, 0.05) is 19.3 Å². The lowest BCUT2D eigenvalue weighted by molar-refractivity contribution is -0.105. The molecule has 220 valence electrons. The second-order valence-electron chi connectivity index (χ2n) is 10.7. The summed E-state index contributed by atoms with van der Waals surface area (Å²) in [6.45, 7) is 5.32. The van der Waals surface area contributed by atoms with E-state index in [1.165, 1.54) is 36.8 Å². The molecule has 1 fully saturated rings. The van der Waals surface area contributed by atoms with Gasteiger partial charge in [0.05, 0.1) is 28.4 Å². The Morgan fingerprint density at radius 1 is 1.07 bits per heavy atom. The molecule has 1 unspecified atom stereocenters. The number of halogens is 3. The van der Waals surface area contributed by atoms with Crippen molar-refractivity contribution in [3.8, 4) is 6.07 Å². The van der Waals surface area contributed by atoms with Crippen LogP contribution in [0.1, 0.15) is 53.5 Å². The number of aryl methyl sites for hydroxylation is 1. The standard InChI is InChI=1S/C20H22N2.C14H15F3N2O/c1-15-3-2-4-19(13-15)20(22,12-11-16-5-6-16)18-9-7-17(14-21)8-10-18;1-10(14(15,16)17)6-13(9-20)19(2)12-5-3-4-11(7-12)8-18/h2-4,7-10,13,16H,5-6,11-12,22H2,1H3;3-7,9H,1,8,18H2,2H3/b;13-6-. The van der Waals surface area contributed by atoms with Crippen LogP contribution in [0.15, 0.2) is 96.7 Å². The molecular formula is C34H37F3N4O. The molecule has 0 spiro atoms. The highest BCUT2D eigenvalue weighted by molar-refractivity contribution is 5.81. The maximum atomic E-state index is 12.4. The Morgan fingerprint density at radius 3 is 2.29 bits per heavy atom. The smallest absolute Gasteiger partial charge is 0.342 e. The number of nitrogens with two attached hydrogens (primary N) is 2. The molecule has 0 aromatic heterocycles. The fraction of sp³-hybridized carbons (Fsp3) is 0.294. The topological polar surface area (TPSA) is 96.1 Å². The van der Waals surface area contributed by atoms with Crippen molar-refractivity contribution in [2.24, 2.45) is 17.4 Å². The number of hydrogen-bond acceptors (Lipinski definition) is 5. The summed E-state index contributed by atoms with van der Waals surface area (Å²) in [6.07, 6.45) is 1.31. The fourth-order valence-electron chi connectivity index (χ4n) is 4.57. The molecule has 4 rings (SSSR count). The first-order valence-corrected chi connectivity index (χ1v) is 13.7. The Morgan fingerprint density at radius 2 is 1.74 bits per heavy atom. The molecule has 5 nitrogen and oxygen atoms in total. The van der Waals surface area contributed by atoms with Crippen molar-refractivity contribution in [2.45, 2.75) is 50.9 Å². The first-order valence-electron chi connectivity index (χ1n) is 13.7. The van der Waals surface area contributed by atoms with Crippen molar-refractivity contribution in [1.29, 1.82) is 5.26 Å². The van der Waals surface area contributed by atoms with Crippen LogP contribution >= 0.6 is 0 Å². The number of rotatable bonds is 10. The number of carbonyl (C=O) groups excluding carboxylic acids is 1. The van der Waals surface area contributed by atoms with Crippen LogP contribution in [0.3, 0.4) is 0 Å². The molecule has 42 heavy (non-hydrogen) atoms. The van der Waals surface area contributed by atoms with Crippen LogP contribution in [-0.4, -0.2) is 19.5 Å². The second-order valence-corrected chi connectivity index (χ2v) is 10.7. The van der Waals surface area contributed by atoms with Crippen LogP contribution in [0, 0.1) is 24.2 Å². The molecule has 0 radical (unpaired) electrons. The summed E-state index contributed by atoms with van der Waals surface area (Å²) < 4.78 is 37.3. The monoisotopic (exact) mass is 574 g/mol. The lowest BCUT2D eigenvalue weighted by Crippen LogP contribution is -2.38. The van der Waals surface area contributed by atoms with E-state index in [4.69, 9.17) is 16.7 Å². The zero-order valence-corrected chi connectivity index (χ0v) is 24.0. The molecule has 1 saturated carbocycles. The molecule has 1 aliphatic carbocycles. The number of allylic oxidation sites excluding steroid dienone is 3. The zero-order chi connectivity index (χ0) is 30.9. The van der Waals surface area contributed by atoms with E-state index in [2.05, 4.69) is 43.8 Å². The maximum absolute atomic E-state index is 12.4. The van der Waals surface area contributed by atoms with Crippen LogP contribution in [0.2, 0.25) is 0 Å². The highest BCUT2D eigenvalue weighted by Gasteiger charge is 2.33. The van der Waals surface area contributed by atoms with E-state index >= 15 is 0 Å². The number of hydrogen-bond donors (Lipinski definition) is 2. The van der Waals surface area contributed by atoms with E-state index < -0.39 is 17.3 Å². The van der Waals surface area contributed by atoms with E-state index in [0.29, 0.717) is 30.2 Å². The summed E-state index contributed by atoms with van der Waals surface area (Å²) in [5.41, 5.74) is 16.3. The third kappa shape index (κ3) is 8.65. The molecule has 1 atom stereocenters. The van der Waals surface area contributed by atoms with Crippen molar-refractivity contribution < 1.29 is 18.0 Å². The van der Waals surface area contributed by atoms with Crippen molar-refractivity contribution in [3.05, 3.63) is 125 Å². The Balaban J connectivity index is 0.000000232. The number of carbonyl (C=O) groups is 1. The number of benzene rings is 3. The Hall–Kier alpha value is -4.19. The summed E-state index contributed by atoms with van der Waals surface area (Å²) in [5.74, 6) is 0.853. The number of aldehydes is 1. The molecular weight excluding hydrogens is 537 g/mol. The molecule has 1 aliphatic rings. The van der Waals surface area contributed by atoms with E-state index in [0.717, 1.165) is 29.0 Å². The van der Waals surface area contributed by atoms with Crippen LogP contribution in [0.25, 0.3) is 0 Å². The van der Waals surface area contributed by atoms with Gasteiger partial charge >= 0.3 is 6.18 Å². The molecule has 8 heteroatoms. The Kier molecular flexibility index (Phi) is 10.9. The lowest BCUT2D eigenvalue weighted by atomic mass is 9.79. The third-order valence-electron chi connectivity index (χ3n) is 7.43. The van der Waals surface area contributed by atoms with Crippen molar-refractivity contribution in [2.75, 3.05) is 11.9 Å². The molecule has 3 aromatic carbocycles. The van der Waals surface area contributed by atoms with Crippen LogP contribution in [-0.2, 0) is 16.9 Å². The van der Waals surface area contributed by atoms with E-state index in [-0.39, 0.29) is 5.70 Å². The summed E-state index contributed by atoms with van der Waals surface area (Å²) in [6, 6.07) is 25.3. The molecule has 0 aliphatic heterocycles. The van der Waals surface area contributed by atoms with Crippen molar-refractivity contribution in [1.82, 2.24) is 0 Å². The SMILES string of the molecule is C=C(/C=C(/C=O)N(C)c1cccc(CN)c1)C(F)(F)F.Cc1cccc(C(N)(CCC2CC2)c2ccc(C#N)cc2)c1. The van der Waals surface area contributed by atoms with E-state index in [9.17, 15) is 18.0 Å². The van der Waals surface area contributed by atoms with Gasteiger partial charge in [0.2, 0.25) is 0 Å². The normalized spacial score (nSPS) is 14.6. The maximum Gasteiger partial charge on any atom is 0.415 e. The van der Waals surface area contributed by atoms with Gasteiger partial charge in [-0.1, -0.05) is 73.5 Å². The van der Waals surface area contributed by atoms with Gasteiger partial charge in [0.1, 0.15) is 0 Å². The fourth-order valence-corrected chi connectivity index (χ4v) is 4.57. The van der Waals surface area contributed by atoms with Gasteiger partial charge in [-0.15, -0.1) is 0 Å². The highest BCUT2D eigenvalue weighted by Crippen LogP contribution is 2.40. The van der Waals surface area contributed by atoms with Gasteiger partial charge in [0.25, 0.3) is 0 Å². The molecule has 0 heterocycles. The summed E-state index contributed by atoms with van der Waals surface area (Å²) in [5, 5.41) is 8.99. The minimum absolute atomic E-state index is 0.138. The van der Waals surface area contributed by atoms with Gasteiger partial charge in [-0.25, -0.2) is 0 Å². The molecule has 0 bridgehead atoms. The van der Waals surface area contributed by atoms with Gasteiger partial charge in [-0.3, -0.25) is 4.79 Å². The summed E-state index contributed by atoms with van der Waals surface area (Å²) in [7, 11) is 1.50. The van der Waals surface area contributed by atoms with E-state index in [1.54, 1.807) is 24.3 Å². The quantitative estimate of drug-likeness (QED) is 0.154. The summed E-state index contributed by atoms with van der Waals surface area (Å²) in [4.78, 5) is 12.3. The minimum Gasteiger partial charge on any atom is -0.342 e. The third-order valence-corrected chi connectivity index (χ3v) is 7.43. The predicted octanol–water partition coefficient (Wildman–Crippen LogP) is 7.04. The average Bonchev–Trinajstić information content (AvgIpc) is 3.83. The van der Waals surface area contributed by atoms with Crippen LogP contribution < -0.4 is 16.4 Å². The predicted molar refractivity (Wildman–Crippen MR) is 161 cm³/mol. The Bertz CT molecular complexity index is 1450. The van der Waals surface area contributed by atoms with Gasteiger partial charge in [0.15, 0.2) is 6.29 Å². The average molecular weight is 575 g/mol. The molecule has 0 saturated heterocycles. The van der Waals surface area contributed by atoms with Gasteiger partial charge in [-0.05, 0) is 72.7 Å². The largest absolute Gasteiger partial charge is 0.415 e.